The Morgan fingerprint density at radius 1 is 1.13 bits per heavy atom. The van der Waals surface area contributed by atoms with Crippen molar-refractivity contribution in [3.63, 3.8) is 0 Å². The highest BCUT2D eigenvalue weighted by Gasteiger charge is 2.24. The first-order valence-electron chi connectivity index (χ1n) is 5.72. The van der Waals surface area contributed by atoms with Crippen LogP contribution in [0.1, 0.15) is 20.3 Å². The summed E-state index contributed by atoms with van der Waals surface area (Å²) in [4.78, 5) is 0. The average Bonchev–Trinajstić information content (AvgIpc) is 2.18. The van der Waals surface area contributed by atoms with Crippen LogP contribution in [-0.2, 0) is 4.43 Å². The zero-order chi connectivity index (χ0) is 11.3. The molecular formula is C13H22OSi. The van der Waals surface area contributed by atoms with Crippen LogP contribution in [0.25, 0.3) is 0 Å². The highest BCUT2D eigenvalue weighted by atomic mass is 28.4. The van der Waals surface area contributed by atoms with E-state index in [1.165, 1.54) is 5.19 Å². The molecule has 1 aromatic carbocycles. The van der Waals surface area contributed by atoms with E-state index in [4.69, 9.17) is 4.43 Å². The van der Waals surface area contributed by atoms with E-state index in [9.17, 15) is 0 Å². The molecule has 2 heteroatoms. The maximum absolute atomic E-state index is 6.07. The molecule has 0 saturated heterocycles. The van der Waals surface area contributed by atoms with Crippen LogP contribution in [0.4, 0.5) is 0 Å². The molecule has 0 aliphatic carbocycles. The second-order valence-electron chi connectivity index (χ2n) is 4.91. The summed E-state index contributed by atoms with van der Waals surface area (Å²) in [6.07, 6.45) is 1.16. The summed E-state index contributed by atoms with van der Waals surface area (Å²) in [5, 5.41) is 1.38. The lowest BCUT2D eigenvalue weighted by Gasteiger charge is -2.23. The van der Waals surface area contributed by atoms with Gasteiger partial charge in [-0.05, 0) is 30.6 Å². The Kier molecular flexibility index (Phi) is 4.55. The van der Waals surface area contributed by atoms with Crippen LogP contribution in [-0.4, -0.2) is 14.9 Å². The largest absolute Gasteiger partial charge is 0.413 e. The van der Waals surface area contributed by atoms with Gasteiger partial charge in [0.05, 0.1) is 0 Å². The van der Waals surface area contributed by atoms with Crippen molar-refractivity contribution in [1.29, 1.82) is 0 Å². The summed E-state index contributed by atoms with van der Waals surface area (Å²) in [7, 11) is -1.65. The molecule has 0 atom stereocenters. The third-order valence-corrected chi connectivity index (χ3v) is 5.28. The van der Waals surface area contributed by atoms with Crippen LogP contribution in [0.2, 0.25) is 13.1 Å². The van der Waals surface area contributed by atoms with Gasteiger partial charge in [0.15, 0.2) is 0 Å². The van der Waals surface area contributed by atoms with Crippen molar-refractivity contribution < 1.29 is 4.43 Å². The summed E-state index contributed by atoms with van der Waals surface area (Å²) >= 11 is 0. The van der Waals surface area contributed by atoms with Crippen molar-refractivity contribution in [2.75, 3.05) is 6.61 Å². The minimum atomic E-state index is -1.65. The molecule has 0 spiro atoms. The molecule has 0 aliphatic heterocycles. The molecular weight excluding hydrogens is 200 g/mol. The zero-order valence-corrected chi connectivity index (χ0v) is 11.3. The summed E-state index contributed by atoms with van der Waals surface area (Å²) in [5.41, 5.74) is 0. The van der Waals surface area contributed by atoms with E-state index >= 15 is 0 Å². The van der Waals surface area contributed by atoms with E-state index in [1.54, 1.807) is 0 Å². The molecule has 0 unspecified atom stereocenters. The Hall–Kier alpha value is -0.603. The van der Waals surface area contributed by atoms with Crippen molar-refractivity contribution in [3.05, 3.63) is 30.3 Å². The zero-order valence-electron chi connectivity index (χ0n) is 10.3. The molecule has 1 rings (SSSR count). The second-order valence-corrected chi connectivity index (χ2v) is 8.79. The summed E-state index contributed by atoms with van der Waals surface area (Å²) in [6.45, 7) is 9.90. The molecule has 0 bridgehead atoms. The van der Waals surface area contributed by atoms with Gasteiger partial charge in [-0.15, -0.1) is 0 Å². The summed E-state index contributed by atoms with van der Waals surface area (Å²) < 4.78 is 6.07. The molecule has 0 radical (unpaired) electrons. The molecule has 0 fully saturated rings. The third kappa shape index (κ3) is 4.18. The van der Waals surface area contributed by atoms with Gasteiger partial charge < -0.3 is 4.43 Å². The average molecular weight is 222 g/mol. The quantitative estimate of drug-likeness (QED) is 0.695. The van der Waals surface area contributed by atoms with Gasteiger partial charge in [-0.2, -0.15) is 0 Å². The normalized spacial score (nSPS) is 12.1. The molecule has 84 valence electrons. The number of hydrogen-bond acceptors (Lipinski definition) is 1. The van der Waals surface area contributed by atoms with Crippen molar-refractivity contribution in [3.8, 4) is 0 Å². The molecule has 0 N–H and O–H groups in total. The molecule has 0 amide bonds. The maximum Gasteiger partial charge on any atom is 0.218 e. The fraction of sp³-hybridized carbons (Fsp3) is 0.538. The first-order chi connectivity index (χ1) is 7.02. The molecule has 0 aliphatic rings. The fourth-order valence-corrected chi connectivity index (χ4v) is 3.26. The molecule has 0 heterocycles. The number of rotatable bonds is 5. The van der Waals surface area contributed by atoms with Gasteiger partial charge in [0.25, 0.3) is 0 Å². The minimum absolute atomic E-state index is 0.727. The van der Waals surface area contributed by atoms with E-state index in [-0.39, 0.29) is 0 Å². The lowest BCUT2D eigenvalue weighted by Crippen LogP contribution is -2.44. The Morgan fingerprint density at radius 2 is 1.73 bits per heavy atom. The van der Waals surface area contributed by atoms with E-state index in [1.807, 2.05) is 0 Å². The molecule has 1 aromatic rings. The van der Waals surface area contributed by atoms with Crippen molar-refractivity contribution in [2.45, 2.75) is 33.4 Å². The fourth-order valence-electron chi connectivity index (χ4n) is 1.47. The lowest BCUT2D eigenvalue weighted by atomic mass is 10.2. The van der Waals surface area contributed by atoms with Gasteiger partial charge in [0.2, 0.25) is 8.32 Å². The highest BCUT2D eigenvalue weighted by molar-refractivity contribution is 6.84. The standard InChI is InChI=1S/C13H22OSi/c1-12(2)10-11-14-15(3,4)13-8-6-5-7-9-13/h5-9,12H,10-11H2,1-4H3. The molecule has 1 nitrogen and oxygen atoms in total. The smallest absolute Gasteiger partial charge is 0.218 e. The van der Waals surface area contributed by atoms with Crippen LogP contribution in [0.5, 0.6) is 0 Å². The van der Waals surface area contributed by atoms with Crippen LogP contribution in [0.3, 0.4) is 0 Å². The Balaban J connectivity index is 2.52. The number of benzene rings is 1. The van der Waals surface area contributed by atoms with E-state index in [2.05, 4.69) is 57.3 Å². The first kappa shape index (κ1) is 12.5. The van der Waals surface area contributed by atoms with Crippen LogP contribution in [0.15, 0.2) is 30.3 Å². The third-order valence-electron chi connectivity index (χ3n) is 2.63. The SMILES string of the molecule is CC(C)CCO[Si](C)(C)c1ccccc1. The predicted octanol–water partition coefficient (Wildman–Crippen LogP) is 3.16. The number of hydrogen-bond donors (Lipinski definition) is 0. The van der Waals surface area contributed by atoms with Crippen LogP contribution < -0.4 is 5.19 Å². The summed E-state index contributed by atoms with van der Waals surface area (Å²) in [5.74, 6) is 0.727. The lowest BCUT2D eigenvalue weighted by molar-refractivity contribution is 0.287. The Labute approximate surface area is 94.6 Å². The van der Waals surface area contributed by atoms with E-state index in [0.29, 0.717) is 0 Å². The first-order valence-corrected chi connectivity index (χ1v) is 8.62. The van der Waals surface area contributed by atoms with Gasteiger partial charge in [-0.3, -0.25) is 0 Å². The highest BCUT2D eigenvalue weighted by Crippen LogP contribution is 2.08. The van der Waals surface area contributed by atoms with Gasteiger partial charge in [0.1, 0.15) is 0 Å². The van der Waals surface area contributed by atoms with Crippen molar-refractivity contribution in [2.24, 2.45) is 5.92 Å². The second kappa shape index (κ2) is 5.47. The molecule has 0 aromatic heterocycles. The minimum Gasteiger partial charge on any atom is -0.413 e. The Bertz CT molecular complexity index is 280. The monoisotopic (exact) mass is 222 g/mol. The van der Waals surface area contributed by atoms with Crippen molar-refractivity contribution >= 4 is 13.5 Å². The van der Waals surface area contributed by atoms with Gasteiger partial charge in [-0.1, -0.05) is 44.2 Å². The molecule has 15 heavy (non-hydrogen) atoms. The van der Waals surface area contributed by atoms with Crippen LogP contribution >= 0.6 is 0 Å². The van der Waals surface area contributed by atoms with Gasteiger partial charge in [-0.25, -0.2) is 0 Å². The van der Waals surface area contributed by atoms with Crippen LogP contribution in [0, 0.1) is 5.92 Å². The Morgan fingerprint density at radius 3 is 2.27 bits per heavy atom. The predicted molar refractivity (Wildman–Crippen MR) is 69.0 cm³/mol. The maximum atomic E-state index is 6.07. The van der Waals surface area contributed by atoms with E-state index in [0.717, 1.165) is 18.9 Å². The topological polar surface area (TPSA) is 9.23 Å². The summed E-state index contributed by atoms with van der Waals surface area (Å²) in [6, 6.07) is 10.6. The van der Waals surface area contributed by atoms with Gasteiger partial charge in [0, 0.05) is 6.61 Å². The van der Waals surface area contributed by atoms with Crippen molar-refractivity contribution in [1.82, 2.24) is 0 Å². The van der Waals surface area contributed by atoms with Gasteiger partial charge >= 0.3 is 0 Å². The van der Waals surface area contributed by atoms with E-state index < -0.39 is 8.32 Å². The molecule has 0 saturated carbocycles.